The summed E-state index contributed by atoms with van der Waals surface area (Å²) >= 11 is 0. The molecule has 0 aliphatic rings. The van der Waals surface area contributed by atoms with Crippen LogP contribution in [0.1, 0.15) is 6.92 Å². The van der Waals surface area contributed by atoms with Crippen molar-refractivity contribution in [1.29, 1.82) is 0 Å². The van der Waals surface area contributed by atoms with Crippen molar-refractivity contribution in [1.82, 2.24) is 9.78 Å². The summed E-state index contributed by atoms with van der Waals surface area (Å²) in [5.74, 6) is -0.323. The Labute approximate surface area is 97.6 Å². The van der Waals surface area contributed by atoms with Gasteiger partial charge in [-0.3, -0.25) is 0 Å². The van der Waals surface area contributed by atoms with Gasteiger partial charge in [-0.25, -0.2) is 9.18 Å². The van der Waals surface area contributed by atoms with Crippen LogP contribution in [-0.2, 0) is 4.74 Å². The van der Waals surface area contributed by atoms with Crippen molar-refractivity contribution in [3.8, 4) is 11.3 Å². The predicted octanol–water partition coefficient (Wildman–Crippen LogP) is 2.69. The largest absolute Gasteiger partial charge is 0.448 e. The van der Waals surface area contributed by atoms with Gasteiger partial charge in [-0.05, 0) is 37.3 Å². The number of hydrogen-bond acceptors (Lipinski definition) is 3. The Morgan fingerprint density at radius 1 is 1.35 bits per heavy atom. The quantitative estimate of drug-likeness (QED) is 0.802. The van der Waals surface area contributed by atoms with Gasteiger partial charge < -0.3 is 4.74 Å². The first kappa shape index (κ1) is 11.3. The number of benzene rings is 1. The highest BCUT2D eigenvalue weighted by molar-refractivity contribution is 5.76. The molecule has 1 aromatic heterocycles. The van der Waals surface area contributed by atoms with Crippen LogP contribution in [0.4, 0.5) is 9.18 Å². The molecule has 0 unspecified atom stereocenters. The third kappa shape index (κ3) is 2.33. The second-order valence-corrected chi connectivity index (χ2v) is 3.33. The average molecular weight is 234 g/mol. The zero-order valence-corrected chi connectivity index (χ0v) is 9.26. The van der Waals surface area contributed by atoms with Gasteiger partial charge in [0.05, 0.1) is 18.5 Å². The van der Waals surface area contributed by atoms with Gasteiger partial charge in [0.25, 0.3) is 0 Å². The zero-order chi connectivity index (χ0) is 12.3. The maximum atomic E-state index is 12.8. The van der Waals surface area contributed by atoms with Crippen molar-refractivity contribution < 1.29 is 13.9 Å². The maximum absolute atomic E-state index is 12.8. The molecule has 17 heavy (non-hydrogen) atoms. The van der Waals surface area contributed by atoms with Gasteiger partial charge in [0.2, 0.25) is 0 Å². The molecule has 0 aliphatic heterocycles. The Hall–Kier alpha value is -2.17. The fraction of sp³-hybridized carbons (Fsp3) is 0.167. The van der Waals surface area contributed by atoms with E-state index in [-0.39, 0.29) is 12.4 Å². The highest BCUT2D eigenvalue weighted by atomic mass is 19.1. The fourth-order valence-electron chi connectivity index (χ4n) is 1.47. The molecule has 2 rings (SSSR count). The number of aromatic nitrogens is 2. The van der Waals surface area contributed by atoms with E-state index in [0.717, 1.165) is 4.68 Å². The van der Waals surface area contributed by atoms with E-state index < -0.39 is 6.09 Å². The Morgan fingerprint density at radius 2 is 2.06 bits per heavy atom. The summed E-state index contributed by atoms with van der Waals surface area (Å²) in [6.45, 7) is 2.00. The Bertz CT molecular complexity index is 520. The molecule has 1 aromatic carbocycles. The molecule has 0 atom stereocenters. The van der Waals surface area contributed by atoms with E-state index in [4.69, 9.17) is 4.74 Å². The molecular formula is C12H11FN2O2. The smallest absolute Gasteiger partial charge is 0.435 e. The summed E-state index contributed by atoms with van der Waals surface area (Å²) in [7, 11) is 0. The molecule has 0 N–H and O–H groups in total. The lowest BCUT2D eigenvalue weighted by molar-refractivity contribution is 0.151. The number of hydrogen-bond donors (Lipinski definition) is 0. The fourth-order valence-corrected chi connectivity index (χ4v) is 1.47. The second kappa shape index (κ2) is 4.78. The molecule has 0 bridgehead atoms. The molecule has 0 amide bonds. The van der Waals surface area contributed by atoms with Crippen LogP contribution in [0.3, 0.4) is 0 Å². The standard InChI is InChI=1S/C12H11FN2O2/c1-2-17-12(16)15-11(7-8-14-15)9-3-5-10(13)6-4-9/h3-8H,2H2,1H3. The molecule has 0 saturated heterocycles. The minimum atomic E-state index is -0.545. The number of carbonyl (C=O) groups excluding carboxylic acids is 1. The minimum Gasteiger partial charge on any atom is -0.448 e. The summed E-state index contributed by atoms with van der Waals surface area (Å²) in [4.78, 5) is 11.6. The van der Waals surface area contributed by atoms with E-state index in [9.17, 15) is 9.18 Å². The normalized spacial score (nSPS) is 10.2. The number of rotatable bonds is 2. The van der Waals surface area contributed by atoms with E-state index in [2.05, 4.69) is 5.10 Å². The highest BCUT2D eigenvalue weighted by Gasteiger charge is 2.12. The number of carbonyl (C=O) groups is 1. The third-order valence-electron chi connectivity index (χ3n) is 2.22. The highest BCUT2D eigenvalue weighted by Crippen LogP contribution is 2.19. The van der Waals surface area contributed by atoms with E-state index in [1.54, 1.807) is 25.1 Å². The van der Waals surface area contributed by atoms with Crippen LogP contribution >= 0.6 is 0 Å². The maximum Gasteiger partial charge on any atom is 0.435 e. The summed E-state index contributed by atoms with van der Waals surface area (Å²) in [6, 6.07) is 7.50. The van der Waals surface area contributed by atoms with Gasteiger partial charge >= 0.3 is 6.09 Å². The molecule has 0 saturated carbocycles. The van der Waals surface area contributed by atoms with E-state index in [1.165, 1.54) is 18.3 Å². The molecule has 0 radical (unpaired) electrons. The Kier molecular flexibility index (Phi) is 3.18. The van der Waals surface area contributed by atoms with E-state index in [1.807, 2.05) is 0 Å². The van der Waals surface area contributed by atoms with Crippen LogP contribution in [0, 0.1) is 5.82 Å². The predicted molar refractivity (Wildman–Crippen MR) is 60.0 cm³/mol. The summed E-state index contributed by atoms with van der Waals surface area (Å²) in [5.41, 5.74) is 1.28. The zero-order valence-electron chi connectivity index (χ0n) is 9.26. The lowest BCUT2D eigenvalue weighted by Crippen LogP contribution is -2.15. The first-order valence-electron chi connectivity index (χ1n) is 5.19. The van der Waals surface area contributed by atoms with Crippen molar-refractivity contribution >= 4 is 6.09 Å². The molecule has 0 aliphatic carbocycles. The number of nitrogens with zero attached hydrogens (tertiary/aromatic N) is 2. The minimum absolute atomic E-state index is 0.279. The summed E-state index contributed by atoms with van der Waals surface area (Å²) in [5, 5.41) is 3.88. The van der Waals surface area contributed by atoms with Crippen molar-refractivity contribution in [2.24, 2.45) is 0 Å². The van der Waals surface area contributed by atoms with Crippen molar-refractivity contribution in [2.75, 3.05) is 6.61 Å². The van der Waals surface area contributed by atoms with Gasteiger partial charge in [-0.1, -0.05) is 0 Å². The molecule has 4 nitrogen and oxygen atoms in total. The topological polar surface area (TPSA) is 44.1 Å². The molecule has 5 heteroatoms. The molecule has 1 heterocycles. The molecule has 0 spiro atoms. The van der Waals surface area contributed by atoms with Crippen molar-refractivity contribution in [3.63, 3.8) is 0 Å². The SMILES string of the molecule is CCOC(=O)n1nccc1-c1ccc(F)cc1. The van der Waals surface area contributed by atoms with Gasteiger partial charge in [-0.15, -0.1) is 0 Å². The number of ether oxygens (including phenoxy) is 1. The van der Waals surface area contributed by atoms with Crippen molar-refractivity contribution in [2.45, 2.75) is 6.92 Å². The van der Waals surface area contributed by atoms with Gasteiger partial charge in [0, 0.05) is 5.56 Å². The van der Waals surface area contributed by atoms with Crippen LogP contribution < -0.4 is 0 Å². The van der Waals surface area contributed by atoms with Crippen molar-refractivity contribution in [3.05, 3.63) is 42.3 Å². The van der Waals surface area contributed by atoms with E-state index in [0.29, 0.717) is 11.3 Å². The van der Waals surface area contributed by atoms with Gasteiger partial charge in [0.15, 0.2) is 0 Å². The molecule has 0 fully saturated rings. The van der Waals surface area contributed by atoms with Gasteiger partial charge in [-0.2, -0.15) is 9.78 Å². The molecule has 88 valence electrons. The van der Waals surface area contributed by atoms with E-state index >= 15 is 0 Å². The Balaban J connectivity index is 2.36. The number of halogens is 1. The van der Waals surface area contributed by atoms with Crippen LogP contribution in [0.5, 0.6) is 0 Å². The average Bonchev–Trinajstić information content (AvgIpc) is 2.79. The second-order valence-electron chi connectivity index (χ2n) is 3.33. The van der Waals surface area contributed by atoms with Gasteiger partial charge in [0.1, 0.15) is 5.82 Å². The summed E-state index contributed by atoms with van der Waals surface area (Å²) < 4.78 is 18.8. The Morgan fingerprint density at radius 3 is 2.71 bits per heavy atom. The first-order valence-corrected chi connectivity index (χ1v) is 5.19. The van der Waals surface area contributed by atoms with Crippen LogP contribution in [0.2, 0.25) is 0 Å². The molecular weight excluding hydrogens is 223 g/mol. The van der Waals surface area contributed by atoms with Crippen LogP contribution in [-0.4, -0.2) is 22.5 Å². The lowest BCUT2D eigenvalue weighted by Gasteiger charge is -2.05. The first-order chi connectivity index (χ1) is 8.22. The lowest BCUT2D eigenvalue weighted by atomic mass is 10.1. The monoisotopic (exact) mass is 234 g/mol. The summed E-state index contributed by atoms with van der Waals surface area (Å²) in [6.07, 6.45) is 0.951. The molecule has 2 aromatic rings. The third-order valence-corrected chi connectivity index (χ3v) is 2.22. The van der Waals surface area contributed by atoms with Crippen LogP contribution in [0.25, 0.3) is 11.3 Å². The van der Waals surface area contributed by atoms with Crippen LogP contribution in [0.15, 0.2) is 36.5 Å².